The molecule has 0 fully saturated rings. The highest BCUT2D eigenvalue weighted by Crippen LogP contribution is 2.27. The lowest BCUT2D eigenvalue weighted by atomic mass is 10.3. The van der Waals surface area contributed by atoms with Gasteiger partial charge in [-0.05, 0) is 17.3 Å². The van der Waals surface area contributed by atoms with Gasteiger partial charge in [0.25, 0.3) is 9.05 Å². The second kappa shape index (κ2) is 5.29. The molecule has 1 aromatic heterocycles. The highest BCUT2D eigenvalue weighted by molar-refractivity contribution is 8.13. The summed E-state index contributed by atoms with van der Waals surface area (Å²) in [5, 5.41) is 10.9. The Labute approximate surface area is 116 Å². The molecule has 0 saturated carbocycles. The van der Waals surface area contributed by atoms with E-state index in [1.165, 1.54) is 11.8 Å². The molecule has 0 atom stereocenters. The highest BCUT2D eigenvalue weighted by atomic mass is 35.7. The van der Waals surface area contributed by atoms with Crippen molar-refractivity contribution < 1.29 is 21.9 Å². The molecule has 2 aromatic rings. The van der Waals surface area contributed by atoms with Crippen LogP contribution in [-0.2, 0) is 22.7 Å². The van der Waals surface area contributed by atoms with Gasteiger partial charge in [0, 0.05) is 10.7 Å². The minimum absolute atomic E-state index is 0.154. The minimum Gasteiger partial charge on any atom is -0.482 e. The summed E-state index contributed by atoms with van der Waals surface area (Å²) in [7, 11) is 2.11. The molecular formula is C9H7ClF2N4O3S. The van der Waals surface area contributed by atoms with E-state index >= 15 is 0 Å². The largest absolute Gasteiger partial charge is 0.482 e. The van der Waals surface area contributed by atoms with Crippen molar-refractivity contribution in [3.8, 4) is 5.75 Å². The zero-order chi connectivity index (χ0) is 14.9. The second-order valence-corrected chi connectivity index (χ2v) is 6.15. The number of aryl methyl sites for hydroxylation is 1. The minimum atomic E-state index is -4.37. The van der Waals surface area contributed by atoms with Crippen LogP contribution in [0.15, 0.2) is 17.0 Å². The average molecular weight is 325 g/mol. The van der Waals surface area contributed by atoms with Gasteiger partial charge >= 0.3 is 0 Å². The van der Waals surface area contributed by atoms with Crippen LogP contribution >= 0.6 is 10.7 Å². The SMILES string of the molecule is Cn1nnc(COc2ccc(S(=O)(=O)Cl)c(F)c2F)n1. The summed E-state index contributed by atoms with van der Waals surface area (Å²) in [5.74, 6) is -3.40. The molecule has 7 nitrogen and oxygen atoms in total. The van der Waals surface area contributed by atoms with Crippen molar-refractivity contribution >= 4 is 19.7 Å². The molecule has 20 heavy (non-hydrogen) atoms. The van der Waals surface area contributed by atoms with Crippen molar-refractivity contribution in [2.75, 3.05) is 0 Å². The lowest BCUT2D eigenvalue weighted by molar-refractivity contribution is 0.274. The van der Waals surface area contributed by atoms with Crippen molar-refractivity contribution in [2.24, 2.45) is 7.05 Å². The first-order chi connectivity index (χ1) is 9.29. The number of hydrogen-bond donors (Lipinski definition) is 0. The fourth-order valence-electron chi connectivity index (χ4n) is 1.34. The van der Waals surface area contributed by atoms with E-state index in [4.69, 9.17) is 15.4 Å². The molecule has 0 bridgehead atoms. The Bertz CT molecular complexity index is 750. The van der Waals surface area contributed by atoms with E-state index < -0.39 is 31.3 Å². The maximum atomic E-state index is 13.6. The third-order valence-electron chi connectivity index (χ3n) is 2.18. The lowest BCUT2D eigenvalue weighted by Crippen LogP contribution is -2.04. The molecule has 0 spiro atoms. The van der Waals surface area contributed by atoms with Gasteiger partial charge in [0.15, 0.2) is 18.2 Å². The van der Waals surface area contributed by atoms with Crippen LogP contribution in [-0.4, -0.2) is 28.6 Å². The molecule has 11 heteroatoms. The highest BCUT2D eigenvalue weighted by Gasteiger charge is 2.22. The van der Waals surface area contributed by atoms with Crippen LogP contribution < -0.4 is 4.74 Å². The third-order valence-corrected chi connectivity index (χ3v) is 3.52. The molecule has 0 unspecified atom stereocenters. The predicted octanol–water partition coefficient (Wildman–Crippen LogP) is 0.995. The Morgan fingerprint density at radius 2 is 2.05 bits per heavy atom. The molecule has 0 aliphatic heterocycles. The fraction of sp³-hybridized carbons (Fsp3) is 0.222. The van der Waals surface area contributed by atoms with Crippen LogP contribution in [0, 0.1) is 11.6 Å². The maximum Gasteiger partial charge on any atom is 0.264 e. The number of nitrogens with zero attached hydrogens (tertiary/aromatic N) is 4. The van der Waals surface area contributed by atoms with Gasteiger partial charge in [0.1, 0.15) is 4.90 Å². The number of hydrogen-bond acceptors (Lipinski definition) is 6. The number of halogens is 3. The van der Waals surface area contributed by atoms with Crippen molar-refractivity contribution in [3.63, 3.8) is 0 Å². The van der Waals surface area contributed by atoms with Gasteiger partial charge < -0.3 is 4.74 Å². The molecule has 108 valence electrons. The standard InChI is InChI=1S/C9H7ClF2N4O3S/c1-16-14-7(13-15-16)4-19-5-2-3-6(20(10,17)18)9(12)8(5)11/h2-3H,4H2,1H3. The smallest absolute Gasteiger partial charge is 0.264 e. The van der Waals surface area contributed by atoms with Gasteiger partial charge in [-0.3, -0.25) is 0 Å². The molecule has 0 radical (unpaired) electrons. The fourth-order valence-corrected chi connectivity index (χ4v) is 2.23. The van der Waals surface area contributed by atoms with E-state index in [1.807, 2.05) is 0 Å². The van der Waals surface area contributed by atoms with Crippen molar-refractivity contribution in [1.29, 1.82) is 0 Å². The van der Waals surface area contributed by atoms with Crippen LogP contribution in [0.4, 0.5) is 8.78 Å². The van der Waals surface area contributed by atoms with Crippen LogP contribution in [0.3, 0.4) is 0 Å². The van der Waals surface area contributed by atoms with Crippen LogP contribution in [0.1, 0.15) is 5.82 Å². The Morgan fingerprint density at radius 3 is 2.60 bits per heavy atom. The molecule has 0 N–H and O–H groups in total. The van der Waals surface area contributed by atoms with Crippen molar-refractivity contribution in [3.05, 3.63) is 29.6 Å². The van der Waals surface area contributed by atoms with E-state index in [9.17, 15) is 17.2 Å². The van der Waals surface area contributed by atoms with E-state index in [1.54, 1.807) is 0 Å². The lowest BCUT2D eigenvalue weighted by Gasteiger charge is -2.07. The molecule has 0 amide bonds. The second-order valence-electron chi connectivity index (χ2n) is 3.61. The average Bonchev–Trinajstić information content (AvgIpc) is 2.75. The number of benzene rings is 1. The summed E-state index contributed by atoms with van der Waals surface area (Å²) in [5.41, 5.74) is 0. The molecule has 0 aliphatic carbocycles. The molecule has 1 heterocycles. The maximum absolute atomic E-state index is 13.6. The number of tetrazole rings is 1. The first-order valence-corrected chi connectivity index (χ1v) is 7.38. The molecule has 2 rings (SSSR count). The summed E-state index contributed by atoms with van der Waals surface area (Å²) in [4.78, 5) is 0.209. The van der Waals surface area contributed by atoms with Crippen LogP contribution in [0.25, 0.3) is 0 Å². The monoisotopic (exact) mass is 324 g/mol. The quantitative estimate of drug-likeness (QED) is 0.780. The van der Waals surface area contributed by atoms with Gasteiger partial charge in [-0.1, -0.05) is 0 Å². The summed E-state index contributed by atoms with van der Waals surface area (Å²) in [6, 6.07) is 1.75. The van der Waals surface area contributed by atoms with Gasteiger partial charge in [-0.2, -0.15) is 9.19 Å². The normalized spacial score (nSPS) is 11.6. The zero-order valence-corrected chi connectivity index (χ0v) is 11.5. The van der Waals surface area contributed by atoms with E-state index in [-0.39, 0.29) is 12.4 Å². The summed E-state index contributed by atoms with van der Waals surface area (Å²) in [6.07, 6.45) is 0. The Morgan fingerprint density at radius 1 is 1.35 bits per heavy atom. The predicted molar refractivity (Wildman–Crippen MR) is 62.5 cm³/mol. The summed E-state index contributed by atoms with van der Waals surface area (Å²) >= 11 is 0. The third kappa shape index (κ3) is 3.02. The van der Waals surface area contributed by atoms with Crippen molar-refractivity contribution in [1.82, 2.24) is 20.2 Å². The topological polar surface area (TPSA) is 87.0 Å². The Hall–Kier alpha value is -1.81. The zero-order valence-electron chi connectivity index (χ0n) is 9.92. The van der Waals surface area contributed by atoms with E-state index in [0.29, 0.717) is 0 Å². The van der Waals surface area contributed by atoms with Crippen LogP contribution in [0.2, 0.25) is 0 Å². The number of ether oxygens (including phenoxy) is 1. The van der Waals surface area contributed by atoms with E-state index in [2.05, 4.69) is 15.4 Å². The first-order valence-electron chi connectivity index (χ1n) is 5.07. The molecule has 1 aromatic carbocycles. The molecule has 0 saturated heterocycles. The van der Waals surface area contributed by atoms with Crippen molar-refractivity contribution in [2.45, 2.75) is 11.5 Å². The number of rotatable bonds is 4. The van der Waals surface area contributed by atoms with E-state index in [0.717, 1.165) is 12.1 Å². The number of aromatic nitrogens is 4. The van der Waals surface area contributed by atoms with Gasteiger partial charge in [0.2, 0.25) is 11.6 Å². The summed E-state index contributed by atoms with van der Waals surface area (Å²) < 4.78 is 54.1. The molecular weight excluding hydrogens is 318 g/mol. The molecule has 0 aliphatic rings. The summed E-state index contributed by atoms with van der Waals surface area (Å²) in [6.45, 7) is -0.253. The van der Waals surface area contributed by atoms with Crippen LogP contribution in [0.5, 0.6) is 5.75 Å². The first kappa shape index (κ1) is 14.6. The van der Waals surface area contributed by atoms with Gasteiger partial charge in [0.05, 0.1) is 7.05 Å². The van der Waals surface area contributed by atoms with Gasteiger partial charge in [-0.15, -0.1) is 10.2 Å². The Kier molecular flexibility index (Phi) is 3.86. The van der Waals surface area contributed by atoms with Gasteiger partial charge in [-0.25, -0.2) is 12.8 Å². The Balaban J connectivity index is 2.24.